The first-order valence-corrected chi connectivity index (χ1v) is 7.40. The highest BCUT2D eigenvalue weighted by atomic mass is 79.9. The van der Waals surface area contributed by atoms with Crippen molar-refractivity contribution in [1.82, 2.24) is 9.97 Å². The van der Waals surface area contributed by atoms with Crippen LogP contribution in [0.1, 0.15) is 17.4 Å². The largest absolute Gasteiger partial charge is 0.370 e. The first kappa shape index (κ1) is 13.3. The number of hydrogen-bond donors (Lipinski definition) is 2. The number of rotatable bonds is 5. The molecule has 0 aliphatic heterocycles. The third-order valence-electron chi connectivity index (χ3n) is 2.48. The lowest BCUT2D eigenvalue weighted by atomic mass is 10.3. The smallest absolute Gasteiger partial charge is 0.134 e. The molecule has 0 saturated carbocycles. The molecule has 0 amide bonds. The summed E-state index contributed by atoms with van der Waals surface area (Å²) in [6.07, 6.45) is 1.58. The number of anilines is 2. The van der Waals surface area contributed by atoms with Gasteiger partial charge < -0.3 is 10.6 Å². The van der Waals surface area contributed by atoms with Crippen LogP contribution in [0.2, 0.25) is 0 Å². The molecule has 0 bridgehead atoms. The van der Waals surface area contributed by atoms with Crippen molar-refractivity contribution in [2.24, 2.45) is 0 Å². The Balaban J connectivity index is 2.07. The van der Waals surface area contributed by atoms with Crippen LogP contribution in [0.25, 0.3) is 0 Å². The van der Waals surface area contributed by atoms with Crippen molar-refractivity contribution in [2.45, 2.75) is 20.4 Å². The van der Waals surface area contributed by atoms with Gasteiger partial charge in [-0.1, -0.05) is 0 Å². The summed E-state index contributed by atoms with van der Waals surface area (Å²) in [4.78, 5) is 9.76. The molecule has 0 atom stereocenters. The summed E-state index contributed by atoms with van der Waals surface area (Å²) in [5.74, 6) is 1.77. The maximum atomic E-state index is 4.27. The second kappa shape index (κ2) is 6.15. The van der Waals surface area contributed by atoms with Crippen molar-refractivity contribution in [3.05, 3.63) is 32.7 Å². The molecule has 2 N–H and O–H groups in total. The SMILES string of the molecule is CCNc1ncnc(NCc2cc(Br)cs2)c1C. The number of hydrogen-bond acceptors (Lipinski definition) is 5. The number of nitrogens with one attached hydrogen (secondary N) is 2. The van der Waals surface area contributed by atoms with Crippen LogP contribution < -0.4 is 10.6 Å². The van der Waals surface area contributed by atoms with Crippen LogP contribution in [0.15, 0.2) is 22.2 Å². The molecule has 0 aliphatic rings. The quantitative estimate of drug-likeness (QED) is 0.880. The van der Waals surface area contributed by atoms with Crippen LogP contribution in [-0.4, -0.2) is 16.5 Å². The third kappa shape index (κ3) is 3.20. The Hall–Kier alpha value is -1.14. The fourth-order valence-electron chi connectivity index (χ4n) is 1.59. The van der Waals surface area contributed by atoms with Crippen molar-refractivity contribution < 1.29 is 0 Å². The zero-order chi connectivity index (χ0) is 13.0. The van der Waals surface area contributed by atoms with Gasteiger partial charge in [-0.15, -0.1) is 11.3 Å². The zero-order valence-corrected chi connectivity index (χ0v) is 12.7. The second-order valence-electron chi connectivity index (χ2n) is 3.81. The van der Waals surface area contributed by atoms with E-state index in [1.165, 1.54) is 4.88 Å². The Labute approximate surface area is 119 Å². The first-order valence-electron chi connectivity index (χ1n) is 5.73. The summed E-state index contributed by atoms with van der Waals surface area (Å²) in [7, 11) is 0. The van der Waals surface area contributed by atoms with Gasteiger partial charge in [-0.3, -0.25) is 0 Å². The Morgan fingerprint density at radius 3 is 2.61 bits per heavy atom. The van der Waals surface area contributed by atoms with Crippen LogP contribution in [-0.2, 0) is 6.54 Å². The van der Waals surface area contributed by atoms with Gasteiger partial charge in [0.2, 0.25) is 0 Å². The van der Waals surface area contributed by atoms with E-state index in [0.717, 1.165) is 34.8 Å². The fourth-order valence-corrected chi connectivity index (χ4v) is 2.98. The highest BCUT2D eigenvalue weighted by Gasteiger charge is 2.06. The number of thiophene rings is 1. The zero-order valence-electron chi connectivity index (χ0n) is 10.3. The van der Waals surface area contributed by atoms with Crippen molar-refractivity contribution in [1.29, 1.82) is 0 Å². The predicted molar refractivity (Wildman–Crippen MR) is 80.3 cm³/mol. The van der Waals surface area contributed by atoms with Crippen molar-refractivity contribution in [2.75, 3.05) is 17.2 Å². The molecule has 2 aromatic heterocycles. The molecule has 4 nitrogen and oxygen atoms in total. The minimum atomic E-state index is 0.777. The van der Waals surface area contributed by atoms with Crippen molar-refractivity contribution >= 4 is 38.9 Å². The van der Waals surface area contributed by atoms with Crippen molar-refractivity contribution in [3.63, 3.8) is 0 Å². The van der Waals surface area contributed by atoms with Gasteiger partial charge >= 0.3 is 0 Å². The lowest BCUT2D eigenvalue weighted by molar-refractivity contribution is 1.05. The fraction of sp³-hybridized carbons (Fsp3) is 0.333. The lowest BCUT2D eigenvalue weighted by Crippen LogP contribution is -2.07. The maximum absolute atomic E-state index is 4.27. The molecule has 18 heavy (non-hydrogen) atoms. The summed E-state index contributed by atoms with van der Waals surface area (Å²) in [5, 5.41) is 8.64. The summed E-state index contributed by atoms with van der Waals surface area (Å²) in [6.45, 7) is 5.71. The normalized spacial score (nSPS) is 10.4. The molecular weight excluding hydrogens is 312 g/mol. The number of halogens is 1. The summed E-state index contributed by atoms with van der Waals surface area (Å²) in [5.41, 5.74) is 1.05. The molecule has 2 rings (SSSR count). The molecule has 0 aliphatic carbocycles. The van der Waals surface area contributed by atoms with Crippen LogP contribution in [0.5, 0.6) is 0 Å². The van der Waals surface area contributed by atoms with Gasteiger partial charge in [-0.25, -0.2) is 9.97 Å². The van der Waals surface area contributed by atoms with Gasteiger partial charge in [-0.2, -0.15) is 0 Å². The third-order valence-corrected chi connectivity index (χ3v) is 4.18. The second-order valence-corrected chi connectivity index (χ2v) is 5.72. The van der Waals surface area contributed by atoms with Gasteiger partial charge in [0.05, 0.1) is 6.54 Å². The molecule has 6 heteroatoms. The van der Waals surface area contributed by atoms with E-state index in [9.17, 15) is 0 Å². The monoisotopic (exact) mass is 326 g/mol. The molecule has 0 spiro atoms. The molecule has 0 unspecified atom stereocenters. The predicted octanol–water partition coefficient (Wildman–Crippen LogP) is 3.65. The molecule has 2 aromatic rings. The van der Waals surface area contributed by atoms with E-state index in [4.69, 9.17) is 0 Å². The van der Waals surface area contributed by atoms with E-state index in [2.05, 4.69) is 54.9 Å². The Kier molecular flexibility index (Phi) is 4.54. The molecule has 96 valence electrons. The Morgan fingerprint density at radius 2 is 2.00 bits per heavy atom. The first-order chi connectivity index (χ1) is 8.70. The maximum Gasteiger partial charge on any atom is 0.134 e. The lowest BCUT2D eigenvalue weighted by Gasteiger charge is -2.11. The van der Waals surface area contributed by atoms with Gasteiger partial charge in [0, 0.05) is 26.8 Å². The van der Waals surface area contributed by atoms with Gasteiger partial charge in [0.25, 0.3) is 0 Å². The average molecular weight is 327 g/mol. The van der Waals surface area contributed by atoms with Crippen molar-refractivity contribution in [3.8, 4) is 0 Å². The van der Waals surface area contributed by atoms with E-state index in [1.807, 2.05) is 6.92 Å². The van der Waals surface area contributed by atoms with Crippen LogP contribution in [0.4, 0.5) is 11.6 Å². The summed E-state index contributed by atoms with van der Waals surface area (Å²) < 4.78 is 1.12. The van der Waals surface area contributed by atoms with E-state index in [0.29, 0.717) is 0 Å². The summed E-state index contributed by atoms with van der Waals surface area (Å²) in [6, 6.07) is 2.11. The van der Waals surface area contributed by atoms with Gasteiger partial charge in [-0.05, 0) is 35.8 Å². The minimum absolute atomic E-state index is 0.777. The molecule has 2 heterocycles. The topological polar surface area (TPSA) is 49.8 Å². The van der Waals surface area contributed by atoms with Crippen LogP contribution in [0.3, 0.4) is 0 Å². The van der Waals surface area contributed by atoms with Crippen LogP contribution in [0, 0.1) is 6.92 Å². The molecular formula is C12H15BrN4S. The van der Waals surface area contributed by atoms with E-state index < -0.39 is 0 Å². The molecule has 0 radical (unpaired) electrons. The van der Waals surface area contributed by atoms with E-state index >= 15 is 0 Å². The molecule has 0 aromatic carbocycles. The average Bonchev–Trinajstić information content (AvgIpc) is 2.77. The molecule has 0 saturated heterocycles. The highest BCUT2D eigenvalue weighted by Crippen LogP contribution is 2.22. The highest BCUT2D eigenvalue weighted by molar-refractivity contribution is 9.10. The Morgan fingerprint density at radius 1 is 1.28 bits per heavy atom. The van der Waals surface area contributed by atoms with E-state index in [-0.39, 0.29) is 0 Å². The van der Waals surface area contributed by atoms with Gasteiger partial charge in [0.1, 0.15) is 18.0 Å². The minimum Gasteiger partial charge on any atom is -0.370 e. The number of aromatic nitrogens is 2. The van der Waals surface area contributed by atoms with Crippen LogP contribution >= 0.6 is 27.3 Å². The van der Waals surface area contributed by atoms with E-state index in [1.54, 1.807) is 17.7 Å². The standard InChI is InChI=1S/C12H15BrN4S/c1-3-14-11-8(2)12(17-7-16-11)15-5-10-4-9(13)6-18-10/h4,6-7H,3,5H2,1-2H3,(H2,14,15,16,17). The Bertz CT molecular complexity index is 527. The molecule has 0 fully saturated rings. The summed E-state index contributed by atoms with van der Waals surface area (Å²) >= 11 is 5.17. The number of nitrogens with zero attached hydrogens (tertiary/aromatic N) is 2. The van der Waals surface area contributed by atoms with Gasteiger partial charge in [0.15, 0.2) is 0 Å².